The summed E-state index contributed by atoms with van der Waals surface area (Å²) < 4.78 is 17.8. The second-order valence-electron chi connectivity index (χ2n) is 7.93. The van der Waals surface area contributed by atoms with Gasteiger partial charge in [-0.25, -0.2) is 0 Å². The molecule has 0 saturated carbocycles. The van der Waals surface area contributed by atoms with Gasteiger partial charge in [-0.3, -0.25) is 0 Å². The predicted octanol–water partition coefficient (Wildman–Crippen LogP) is 3.98. The molecule has 5 heteroatoms. The molecule has 2 aliphatic rings. The molecule has 0 aromatic carbocycles. The van der Waals surface area contributed by atoms with Gasteiger partial charge in [-0.1, -0.05) is 45.5 Å². The van der Waals surface area contributed by atoms with Gasteiger partial charge in [-0.2, -0.15) is 0 Å². The van der Waals surface area contributed by atoms with Crippen molar-refractivity contribution in [1.82, 2.24) is 0 Å². The summed E-state index contributed by atoms with van der Waals surface area (Å²) in [6.07, 6.45) is -0.0896. The van der Waals surface area contributed by atoms with E-state index in [9.17, 15) is 0 Å². The molecule has 0 radical (unpaired) electrons. The normalized spacial score (nSPS) is 38.5. The second kappa shape index (κ2) is 4.70. The van der Waals surface area contributed by atoms with Crippen LogP contribution in [0.1, 0.15) is 34.6 Å². The van der Waals surface area contributed by atoms with Gasteiger partial charge in [0, 0.05) is 0 Å². The fourth-order valence-corrected chi connectivity index (χ4v) is 4.88. The van der Waals surface area contributed by atoms with Crippen molar-refractivity contribution in [2.45, 2.75) is 88.5 Å². The van der Waals surface area contributed by atoms with Crippen LogP contribution >= 0.6 is 11.6 Å². The molecular weight excluding hydrogens is 280 g/mol. The number of hydrogen-bond donors (Lipinski definition) is 0. The van der Waals surface area contributed by atoms with E-state index in [-0.39, 0.29) is 23.9 Å². The van der Waals surface area contributed by atoms with Gasteiger partial charge >= 0.3 is 0 Å². The zero-order valence-electron chi connectivity index (χ0n) is 13.1. The molecule has 19 heavy (non-hydrogen) atoms. The Morgan fingerprint density at radius 1 is 1.11 bits per heavy atom. The van der Waals surface area contributed by atoms with Crippen LogP contribution < -0.4 is 0 Å². The minimum absolute atomic E-state index is 0.0216. The second-order valence-corrected chi connectivity index (χ2v) is 14.0. The number of rotatable bonds is 2. The summed E-state index contributed by atoms with van der Waals surface area (Å²) in [5.41, 5.74) is -0.387. The van der Waals surface area contributed by atoms with E-state index in [1.807, 2.05) is 13.8 Å². The van der Waals surface area contributed by atoms with Crippen molar-refractivity contribution in [3.05, 3.63) is 0 Å². The first-order valence-electron chi connectivity index (χ1n) is 7.08. The zero-order chi connectivity index (χ0) is 14.6. The van der Waals surface area contributed by atoms with E-state index in [2.05, 4.69) is 33.9 Å². The summed E-state index contributed by atoms with van der Waals surface area (Å²) in [6.45, 7) is 15.7. The number of fused-ring (bicyclic) bond motifs is 1. The molecule has 2 heterocycles. The van der Waals surface area contributed by atoms with Crippen molar-refractivity contribution < 1.29 is 14.2 Å². The van der Waals surface area contributed by atoms with E-state index in [0.29, 0.717) is 5.04 Å². The molecule has 0 unspecified atom stereocenters. The minimum atomic E-state index is -1.42. The highest BCUT2D eigenvalue weighted by Gasteiger charge is 2.56. The maximum Gasteiger partial charge on any atom is 0.164 e. The van der Waals surface area contributed by atoms with Crippen LogP contribution in [0.3, 0.4) is 0 Å². The SMILES string of the molecule is CC1(C)O[C@@H]2[C@H](O1)[C@H](C[Si](C)(C)C(C)(C)C)O[C@@H]2Cl. The largest absolute Gasteiger partial charge is 0.354 e. The Bertz CT molecular complexity index is 351. The van der Waals surface area contributed by atoms with Gasteiger partial charge in [0.15, 0.2) is 11.4 Å². The van der Waals surface area contributed by atoms with Gasteiger partial charge < -0.3 is 14.2 Å². The lowest BCUT2D eigenvalue weighted by molar-refractivity contribution is -0.177. The first kappa shape index (κ1) is 15.8. The number of alkyl halides is 1. The lowest BCUT2D eigenvalue weighted by Gasteiger charge is -2.39. The molecule has 2 rings (SSSR count). The fourth-order valence-electron chi connectivity index (χ4n) is 2.60. The topological polar surface area (TPSA) is 27.7 Å². The third-order valence-corrected chi connectivity index (χ3v) is 10.7. The Morgan fingerprint density at radius 2 is 1.63 bits per heavy atom. The predicted molar refractivity (Wildman–Crippen MR) is 80.3 cm³/mol. The smallest absolute Gasteiger partial charge is 0.164 e. The summed E-state index contributed by atoms with van der Waals surface area (Å²) in [7, 11) is -1.42. The zero-order valence-corrected chi connectivity index (χ0v) is 14.9. The molecular formula is C14H27ClO3Si. The first-order valence-corrected chi connectivity index (χ1v) is 10.7. The fraction of sp³-hybridized carbons (Fsp3) is 1.00. The van der Waals surface area contributed by atoms with Crippen LogP contribution in [0.5, 0.6) is 0 Å². The highest BCUT2D eigenvalue weighted by Crippen LogP contribution is 2.46. The van der Waals surface area contributed by atoms with E-state index in [1.54, 1.807) is 0 Å². The van der Waals surface area contributed by atoms with Crippen molar-refractivity contribution in [1.29, 1.82) is 0 Å². The monoisotopic (exact) mass is 306 g/mol. The van der Waals surface area contributed by atoms with E-state index in [1.165, 1.54) is 0 Å². The van der Waals surface area contributed by atoms with Crippen LogP contribution in [0.15, 0.2) is 0 Å². The molecule has 0 aromatic rings. The third kappa shape index (κ3) is 3.03. The summed E-state index contributed by atoms with van der Waals surface area (Å²) in [5, 5.41) is 0.339. The van der Waals surface area contributed by atoms with Crippen LogP contribution in [0.4, 0.5) is 0 Å². The summed E-state index contributed by atoms with van der Waals surface area (Å²) in [6, 6.07) is 1.06. The van der Waals surface area contributed by atoms with Crippen molar-refractivity contribution in [2.75, 3.05) is 0 Å². The standard InChI is InChI=1S/C14H27ClO3Si/c1-13(2,3)19(6,7)8-9-10-11(12(15)16-9)18-14(4,5)17-10/h9-12H,8H2,1-7H3/t9-,10+,11+,12-/m0/s1. The van der Waals surface area contributed by atoms with Gasteiger partial charge in [0.05, 0.1) is 14.2 Å². The van der Waals surface area contributed by atoms with Crippen LogP contribution in [-0.4, -0.2) is 37.7 Å². The Balaban J connectivity index is 2.11. The molecule has 0 amide bonds. The average molecular weight is 307 g/mol. The Kier molecular flexibility index (Phi) is 3.90. The summed E-state index contributed by atoms with van der Waals surface area (Å²) in [5.74, 6) is -0.544. The Morgan fingerprint density at radius 3 is 2.16 bits per heavy atom. The molecule has 0 aliphatic carbocycles. The molecule has 2 saturated heterocycles. The quantitative estimate of drug-likeness (QED) is 0.570. The average Bonchev–Trinajstić information content (AvgIpc) is 2.62. The van der Waals surface area contributed by atoms with Crippen molar-refractivity contribution in [3.8, 4) is 0 Å². The van der Waals surface area contributed by atoms with Crippen molar-refractivity contribution in [2.24, 2.45) is 0 Å². The van der Waals surface area contributed by atoms with Crippen LogP contribution in [0, 0.1) is 0 Å². The first-order chi connectivity index (χ1) is 8.43. The molecule has 2 fully saturated rings. The van der Waals surface area contributed by atoms with Crippen molar-refractivity contribution in [3.63, 3.8) is 0 Å². The van der Waals surface area contributed by atoms with Crippen LogP contribution in [0.2, 0.25) is 24.2 Å². The van der Waals surface area contributed by atoms with Crippen LogP contribution in [-0.2, 0) is 14.2 Å². The Hall–Kier alpha value is 0.387. The molecule has 0 aromatic heterocycles. The number of ether oxygens (including phenoxy) is 3. The molecule has 3 nitrogen and oxygen atoms in total. The van der Waals surface area contributed by atoms with Gasteiger partial charge in [0.2, 0.25) is 0 Å². The molecule has 112 valence electrons. The van der Waals surface area contributed by atoms with Crippen molar-refractivity contribution >= 4 is 19.7 Å². The molecule has 2 aliphatic heterocycles. The lowest BCUT2D eigenvalue weighted by Crippen LogP contribution is -2.43. The van der Waals surface area contributed by atoms with E-state index in [0.717, 1.165) is 6.04 Å². The number of halogens is 1. The molecule has 0 bridgehead atoms. The highest BCUT2D eigenvalue weighted by atomic mass is 35.5. The lowest BCUT2D eigenvalue weighted by atomic mass is 10.2. The third-order valence-electron chi connectivity index (χ3n) is 4.83. The van der Waals surface area contributed by atoms with Gasteiger partial charge in [0.1, 0.15) is 12.2 Å². The summed E-state index contributed by atoms with van der Waals surface area (Å²) in [4.78, 5) is 0. The molecule has 4 atom stereocenters. The van der Waals surface area contributed by atoms with E-state index in [4.69, 9.17) is 25.8 Å². The maximum atomic E-state index is 6.27. The number of hydrogen-bond acceptors (Lipinski definition) is 3. The van der Waals surface area contributed by atoms with Gasteiger partial charge in [-0.15, -0.1) is 0 Å². The van der Waals surface area contributed by atoms with Crippen LogP contribution in [0.25, 0.3) is 0 Å². The molecule has 0 spiro atoms. The van der Waals surface area contributed by atoms with Gasteiger partial charge in [-0.05, 0) is 24.9 Å². The van der Waals surface area contributed by atoms with E-state index < -0.39 is 13.9 Å². The molecule has 0 N–H and O–H groups in total. The Labute approximate surface area is 122 Å². The van der Waals surface area contributed by atoms with E-state index >= 15 is 0 Å². The summed E-state index contributed by atoms with van der Waals surface area (Å²) >= 11 is 6.27. The maximum absolute atomic E-state index is 6.27. The highest BCUT2D eigenvalue weighted by molar-refractivity contribution is 6.80. The van der Waals surface area contributed by atoms with Gasteiger partial charge in [0.25, 0.3) is 0 Å². The minimum Gasteiger partial charge on any atom is -0.354 e.